The van der Waals surface area contributed by atoms with E-state index in [0.717, 1.165) is 12.0 Å². The minimum Gasteiger partial charge on any atom is -0.497 e. The number of anilines is 1. The van der Waals surface area contributed by atoms with Crippen molar-refractivity contribution in [3.63, 3.8) is 0 Å². The first-order valence-corrected chi connectivity index (χ1v) is 10.1. The van der Waals surface area contributed by atoms with Crippen LogP contribution in [0.3, 0.4) is 0 Å². The highest BCUT2D eigenvalue weighted by atomic mass is 32.2. The Morgan fingerprint density at radius 3 is 2.68 bits per heavy atom. The number of thioether (sulfide) groups is 1. The third-order valence-electron chi connectivity index (χ3n) is 5.32. The van der Waals surface area contributed by atoms with Crippen molar-refractivity contribution in [2.24, 2.45) is 0 Å². The van der Waals surface area contributed by atoms with Crippen molar-refractivity contribution in [2.45, 2.75) is 23.8 Å². The van der Waals surface area contributed by atoms with Gasteiger partial charge in [0.05, 0.1) is 19.9 Å². The van der Waals surface area contributed by atoms with Crippen molar-refractivity contribution in [3.05, 3.63) is 54.1 Å². The first-order chi connectivity index (χ1) is 13.6. The zero-order valence-electron chi connectivity index (χ0n) is 15.8. The van der Waals surface area contributed by atoms with Crippen molar-refractivity contribution >= 4 is 29.3 Å². The van der Waals surface area contributed by atoms with Crippen LogP contribution < -0.4 is 14.8 Å². The monoisotopic (exact) mass is 398 g/mol. The molecule has 2 atom stereocenters. The van der Waals surface area contributed by atoms with E-state index in [2.05, 4.69) is 5.32 Å². The molecular formula is C21H22N2O4S. The van der Waals surface area contributed by atoms with Crippen LogP contribution in [0.4, 0.5) is 5.69 Å². The SMILES string of the molecule is COc1ccc(NC(=O)[C@@H]2CS[C@@]3(c4ccccc4)CCC(=O)N23)c(OC)c1. The van der Waals surface area contributed by atoms with E-state index in [4.69, 9.17) is 9.47 Å². The zero-order valence-corrected chi connectivity index (χ0v) is 16.6. The lowest BCUT2D eigenvalue weighted by Crippen LogP contribution is -2.48. The van der Waals surface area contributed by atoms with Crippen LogP contribution in [0.5, 0.6) is 11.5 Å². The molecule has 28 heavy (non-hydrogen) atoms. The van der Waals surface area contributed by atoms with E-state index in [1.54, 1.807) is 49.1 Å². The van der Waals surface area contributed by atoms with Crippen molar-refractivity contribution in [1.82, 2.24) is 4.90 Å². The van der Waals surface area contributed by atoms with Gasteiger partial charge in [-0.05, 0) is 24.1 Å². The maximum Gasteiger partial charge on any atom is 0.248 e. The minimum atomic E-state index is -0.521. The van der Waals surface area contributed by atoms with Crippen LogP contribution in [-0.2, 0) is 14.5 Å². The van der Waals surface area contributed by atoms with Gasteiger partial charge < -0.3 is 19.7 Å². The molecule has 2 aliphatic rings. The molecule has 0 unspecified atom stereocenters. The molecule has 0 radical (unpaired) electrons. The topological polar surface area (TPSA) is 67.9 Å². The predicted molar refractivity (Wildman–Crippen MR) is 109 cm³/mol. The number of carbonyl (C=O) groups excluding carboxylic acids is 2. The van der Waals surface area contributed by atoms with E-state index in [1.165, 1.54) is 0 Å². The fourth-order valence-electron chi connectivity index (χ4n) is 3.95. The summed E-state index contributed by atoms with van der Waals surface area (Å²) in [7, 11) is 3.12. The molecule has 146 valence electrons. The van der Waals surface area contributed by atoms with E-state index in [0.29, 0.717) is 29.4 Å². The molecule has 0 bridgehead atoms. The van der Waals surface area contributed by atoms with Crippen molar-refractivity contribution in [3.8, 4) is 11.5 Å². The van der Waals surface area contributed by atoms with Crippen LogP contribution in [0.15, 0.2) is 48.5 Å². The van der Waals surface area contributed by atoms with Gasteiger partial charge >= 0.3 is 0 Å². The standard InChI is InChI=1S/C21H22N2O4S/c1-26-15-8-9-16(18(12-15)27-2)22-20(25)17-13-28-21(11-10-19(24)23(17)21)14-6-4-3-5-7-14/h3-9,12,17H,10-11,13H2,1-2H3,(H,22,25)/t17-,21+/m0/s1. The van der Waals surface area contributed by atoms with Gasteiger partial charge in [-0.25, -0.2) is 0 Å². The number of amides is 2. The molecule has 2 heterocycles. The van der Waals surface area contributed by atoms with Gasteiger partial charge in [0.25, 0.3) is 0 Å². The van der Waals surface area contributed by atoms with Gasteiger partial charge in [-0.2, -0.15) is 0 Å². The van der Waals surface area contributed by atoms with Crippen LogP contribution in [0, 0.1) is 0 Å². The van der Waals surface area contributed by atoms with Crippen molar-refractivity contribution in [1.29, 1.82) is 0 Å². The molecule has 0 aromatic heterocycles. The van der Waals surface area contributed by atoms with Gasteiger partial charge in [0.15, 0.2) is 0 Å². The highest BCUT2D eigenvalue weighted by Crippen LogP contribution is 2.54. The summed E-state index contributed by atoms with van der Waals surface area (Å²) in [5.41, 5.74) is 1.63. The molecule has 2 saturated heterocycles. The van der Waals surface area contributed by atoms with Crippen LogP contribution in [-0.4, -0.2) is 42.7 Å². The number of nitrogens with zero attached hydrogens (tertiary/aromatic N) is 1. The molecule has 0 saturated carbocycles. The second kappa shape index (κ2) is 7.39. The lowest BCUT2D eigenvalue weighted by molar-refractivity contribution is -0.136. The van der Waals surface area contributed by atoms with Crippen LogP contribution in [0.25, 0.3) is 0 Å². The maximum absolute atomic E-state index is 13.1. The largest absolute Gasteiger partial charge is 0.497 e. The predicted octanol–water partition coefficient (Wildman–Crippen LogP) is 3.23. The third-order valence-corrected chi connectivity index (χ3v) is 6.92. The number of fused-ring (bicyclic) bond motifs is 1. The fraction of sp³-hybridized carbons (Fsp3) is 0.333. The number of benzene rings is 2. The second-order valence-corrected chi connectivity index (χ2v) is 8.09. The number of nitrogens with one attached hydrogen (secondary N) is 1. The second-order valence-electron chi connectivity index (χ2n) is 6.80. The molecule has 4 rings (SSSR count). The first-order valence-electron chi connectivity index (χ1n) is 9.13. The molecule has 2 fully saturated rings. The molecule has 2 aromatic carbocycles. The zero-order chi connectivity index (χ0) is 19.7. The summed E-state index contributed by atoms with van der Waals surface area (Å²) in [5, 5.41) is 2.93. The maximum atomic E-state index is 13.1. The lowest BCUT2D eigenvalue weighted by atomic mass is 10.0. The normalized spacial score (nSPS) is 23.4. The average molecular weight is 398 g/mol. The molecular weight excluding hydrogens is 376 g/mol. The van der Waals surface area contributed by atoms with E-state index in [1.807, 2.05) is 30.3 Å². The molecule has 2 aliphatic heterocycles. The highest BCUT2D eigenvalue weighted by molar-refractivity contribution is 8.00. The van der Waals surface area contributed by atoms with E-state index < -0.39 is 10.9 Å². The number of hydrogen-bond acceptors (Lipinski definition) is 5. The summed E-state index contributed by atoms with van der Waals surface area (Å²) in [6.45, 7) is 0. The molecule has 6 nitrogen and oxygen atoms in total. The summed E-state index contributed by atoms with van der Waals surface area (Å²) in [6.07, 6.45) is 1.17. The molecule has 0 aliphatic carbocycles. The van der Waals surface area contributed by atoms with E-state index in [9.17, 15) is 9.59 Å². The summed E-state index contributed by atoms with van der Waals surface area (Å²) in [4.78, 5) is 27.1. The Kier molecular flexibility index (Phi) is 4.93. The smallest absolute Gasteiger partial charge is 0.248 e. The van der Waals surface area contributed by atoms with E-state index >= 15 is 0 Å². The van der Waals surface area contributed by atoms with Gasteiger partial charge in [-0.1, -0.05) is 30.3 Å². The fourth-order valence-corrected chi connectivity index (χ4v) is 5.60. The van der Waals surface area contributed by atoms with E-state index in [-0.39, 0.29) is 11.8 Å². The summed E-state index contributed by atoms with van der Waals surface area (Å²) >= 11 is 1.67. The number of rotatable bonds is 5. The Hall–Kier alpha value is -2.67. The Bertz CT molecular complexity index is 905. The average Bonchev–Trinajstić information content (AvgIpc) is 3.28. The summed E-state index contributed by atoms with van der Waals surface area (Å²) in [5.74, 6) is 1.54. The number of hydrogen-bond donors (Lipinski definition) is 1. The number of methoxy groups -OCH3 is 2. The number of ether oxygens (including phenoxy) is 2. The van der Waals surface area contributed by atoms with Crippen molar-refractivity contribution < 1.29 is 19.1 Å². The Morgan fingerprint density at radius 2 is 1.96 bits per heavy atom. The Labute approximate surface area is 168 Å². The van der Waals surface area contributed by atoms with Gasteiger partial charge in [-0.15, -0.1) is 11.8 Å². The number of carbonyl (C=O) groups is 2. The van der Waals surface area contributed by atoms with Gasteiger partial charge in [0.2, 0.25) is 11.8 Å². The van der Waals surface area contributed by atoms with Crippen LogP contribution in [0.2, 0.25) is 0 Å². The summed E-state index contributed by atoms with van der Waals surface area (Å²) in [6, 6.07) is 14.7. The lowest BCUT2D eigenvalue weighted by Gasteiger charge is -2.34. The van der Waals surface area contributed by atoms with Gasteiger partial charge in [0.1, 0.15) is 22.4 Å². The molecule has 1 N–H and O–H groups in total. The van der Waals surface area contributed by atoms with Gasteiger partial charge in [0, 0.05) is 18.2 Å². The molecule has 0 spiro atoms. The molecule has 2 amide bonds. The third kappa shape index (κ3) is 2.99. The van der Waals surface area contributed by atoms with Crippen LogP contribution in [0.1, 0.15) is 18.4 Å². The van der Waals surface area contributed by atoms with Gasteiger partial charge in [-0.3, -0.25) is 9.59 Å². The highest BCUT2D eigenvalue weighted by Gasteiger charge is 2.56. The molecule has 7 heteroatoms. The Morgan fingerprint density at radius 1 is 1.18 bits per heavy atom. The summed E-state index contributed by atoms with van der Waals surface area (Å²) < 4.78 is 10.6. The Balaban J connectivity index is 1.60. The molecule has 2 aromatic rings. The minimum absolute atomic E-state index is 0.0238. The van der Waals surface area contributed by atoms with Crippen LogP contribution >= 0.6 is 11.8 Å². The first kappa shape index (κ1) is 18.7. The van der Waals surface area contributed by atoms with Crippen molar-refractivity contribution in [2.75, 3.05) is 25.3 Å². The quantitative estimate of drug-likeness (QED) is 0.838.